The zero-order valence-electron chi connectivity index (χ0n) is 14.7. The topological polar surface area (TPSA) is 57.7 Å². The van der Waals surface area contributed by atoms with Crippen molar-refractivity contribution >= 4 is 27.3 Å². The number of thiophene rings is 1. The van der Waals surface area contributed by atoms with Crippen molar-refractivity contribution in [2.24, 2.45) is 0 Å². The Morgan fingerprint density at radius 1 is 1.15 bits per heavy atom. The Hall–Kier alpha value is -1.70. The monoisotopic (exact) mass is 390 g/mol. The Morgan fingerprint density at radius 3 is 2.69 bits per heavy atom. The Balaban J connectivity index is 1.65. The molecule has 1 amide bonds. The molecule has 1 aromatic heterocycles. The van der Waals surface area contributed by atoms with Gasteiger partial charge in [-0.2, -0.15) is 4.31 Å². The van der Waals surface area contributed by atoms with Gasteiger partial charge in [0, 0.05) is 24.5 Å². The van der Waals surface area contributed by atoms with Gasteiger partial charge >= 0.3 is 0 Å². The molecule has 1 aromatic carbocycles. The molecule has 0 fully saturated rings. The molecule has 3 heterocycles. The summed E-state index contributed by atoms with van der Waals surface area (Å²) in [4.78, 5) is 16.5. The van der Waals surface area contributed by atoms with Crippen LogP contribution in [0.15, 0.2) is 35.7 Å². The van der Waals surface area contributed by atoms with E-state index < -0.39 is 16.1 Å². The van der Waals surface area contributed by atoms with E-state index >= 15 is 0 Å². The highest BCUT2D eigenvalue weighted by atomic mass is 32.2. The SMILES string of the molecule is CCS(=O)(=O)N1Cc2ccccc2CC1C(=O)N1CCc2sccc2C1. The van der Waals surface area contributed by atoms with E-state index in [1.807, 2.05) is 29.2 Å². The zero-order chi connectivity index (χ0) is 18.3. The van der Waals surface area contributed by atoms with E-state index in [9.17, 15) is 13.2 Å². The van der Waals surface area contributed by atoms with Crippen molar-refractivity contribution in [3.8, 4) is 0 Å². The van der Waals surface area contributed by atoms with Gasteiger partial charge in [0.2, 0.25) is 15.9 Å². The molecule has 0 N–H and O–H groups in total. The Kier molecular flexibility index (Phi) is 4.62. The second-order valence-electron chi connectivity index (χ2n) is 6.81. The van der Waals surface area contributed by atoms with Gasteiger partial charge in [0.1, 0.15) is 6.04 Å². The van der Waals surface area contributed by atoms with E-state index in [1.165, 1.54) is 14.7 Å². The summed E-state index contributed by atoms with van der Waals surface area (Å²) in [5.74, 6) is -0.0680. The highest BCUT2D eigenvalue weighted by Gasteiger charge is 2.40. The Morgan fingerprint density at radius 2 is 1.92 bits per heavy atom. The summed E-state index contributed by atoms with van der Waals surface area (Å²) in [5.41, 5.74) is 3.25. The molecule has 2 aliphatic heterocycles. The third-order valence-electron chi connectivity index (χ3n) is 5.33. The van der Waals surface area contributed by atoms with E-state index in [0.717, 1.165) is 17.5 Å². The van der Waals surface area contributed by atoms with Gasteiger partial charge in [-0.3, -0.25) is 4.79 Å². The van der Waals surface area contributed by atoms with Gasteiger partial charge in [-0.1, -0.05) is 24.3 Å². The minimum atomic E-state index is -3.46. The Bertz CT molecular complexity index is 936. The average molecular weight is 391 g/mol. The van der Waals surface area contributed by atoms with Gasteiger partial charge in [-0.05, 0) is 47.9 Å². The number of hydrogen-bond donors (Lipinski definition) is 0. The predicted octanol–water partition coefficient (Wildman–Crippen LogP) is 2.41. The molecule has 0 bridgehead atoms. The number of nitrogens with zero attached hydrogens (tertiary/aromatic N) is 2. The van der Waals surface area contributed by atoms with Crippen LogP contribution in [-0.2, 0) is 40.7 Å². The van der Waals surface area contributed by atoms with E-state index in [2.05, 4.69) is 11.4 Å². The van der Waals surface area contributed by atoms with E-state index in [0.29, 0.717) is 19.5 Å². The summed E-state index contributed by atoms with van der Waals surface area (Å²) in [5, 5.41) is 2.06. The van der Waals surface area contributed by atoms with Crippen LogP contribution in [0.2, 0.25) is 0 Å². The number of rotatable bonds is 3. The molecule has 0 spiro atoms. The second kappa shape index (κ2) is 6.79. The van der Waals surface area contributed by atoms with Gasteiger partial charge in [0.05, 0.1) is 5.75 Å². The van der Waals surface area contributed by atoms with Crippen LogP contribution in [0.3, 0.4) is 0 Å². The molecular formula is C19H22N2O3S2. The van der Waals surface area contributed by atoms with Crippen molar-refractivity contribution in [2.45, 2.75) is 38.9 Å². The standard InChI is InChI=1S/C19H22N2O3S2/c1-2-26(23,24)21-13-15-6-4-3-5-14(15)11-17(21)19(22)20-9-7-18-16(12-20)8-10-25-18/h3-6,8,10,17H,2,7,9,11-13H2,1H3. The van der Waals surface area contributed by atoms with Crippen LogP contribution in [0.25, 0.3) is 0 Å². The fraction of sp³-hybridized carbons (Fsp3) is 0.421. The molecule has 5 nitrogen and oxygen atoms in total. The molecule has 7 heteroatoms. The summed E-state index contributed by atoms with van der Waals surface area (Å²) in [6, 6.07) is 9.24. The van der Waals surface area contributed by atoms with Crippen LogP contribution in [0.5, 0.6) is 0 Å². The third kappa shape index (κ3) is 3.08. The summed E-state index contributed by atoms with van der Waals surface area (Å²) in [6.07, 6.45) is 1.30. The molecule has 26 heavy (non-hydrogen) atoms. The molecule has 4 rings (SSSR count). The maximum absolute atomic E-state index is 13.3. The summed E-state index contributed by atoms with van der Waals surface area (Å²) in [7, 11) is -3.46. The van der Waals surface area contributed by atoms with Crippen LogP contribution >= 0.6 is 11.3 Å². The molecule has 1 atom stereocenters. The van der Waals surface area contributed by atoms with E-state index in [4.69, 9.17) is 0 Å². The minimum Gasteiger partial charge on any atom is -0.337 e. The lowest BCUT2D eigenvalue weighted by atomic mass is 9.94. The number of fused-ring (bicyclic) bond motifs is 2. The van der Waals surface area contributed by atoms with Crippen molar-refractivity contribution in [3.05, 3.63) is 57.3 Å². The highest BCUT2D eigenvalue weighted by molar-refractivity contribution is 7.89. The van der Waals surface area contributed by atoms with Gasteiger partial charge in [-0.15, -0.1) is 11.3 Å². The van der Waals surface area contributed by atoms with Gasteiger partial charge in [0.15, 0.2) is 0 Å². The quantitative estimate of drug-likeness (QED) is 0.809. The van der Waals surface area contributed by atoms with Crippen molar-refractivity contribution in [1.82, 2.24) is 9.21 Å². The molecule has 0 aliphatic carbocycles. The number of hydrogen-bond acceptors (Lipinski definition) is 4. The molecule has 0 saturated heterocycles. The zero-order valence-corrected chi connectivity index (χ0v) is 16.4. The van der Waals surface area contributed by atoms with Gasteiger partial charge < -0.3 is 4.90 Å². The summed E-state index contributed by atoms with van der Waals surface area (Å²) >= 11 is 1.73. The lowest BCUT2D eigenvalue weighted by molar-refractivity contribution is -0.136. The summed E-state index contributed by atoms with van der Waals surface area (Å²) in [6.45, 7) is 3.15. The predicted molar refractivity (Wildman–Crippen MR) is 102 cm³/mol. The molecular weight excluding hydrogens is 368 g/mol. The van der Waals surface area contributed by atoms with Crippen LogP contribution in [0.4, 0.5) is 0 Å². The molecule has 2 aromatic rings. The first kappa shape index (κ1) is 17.7. The molecule has 0 radical (unpaired) electrons. The van der Waals surface area contributed by atoms with Crippen molar-refractivity contribution in [1.29, 1.82) is 0 Å². The fourth-order valence-electron chi connectivity index (χ4n) is 3.81. The fourth-order valence-corrected chi connectivity index (χ4v) is 5.92. The van der Waals surface area contributed by atoms with Crippen LogP contribution in [0.1, 0.15) is 28.5 Å². The first-order chi connectivity index (χ1) is 12.5. The van der Waals surface area contributed by atoms with Crippen molar-refractivity contribution in [3.63, 3.8) is 0 Å². The Labute approximate surface area is 158 Å². The summed E-state index contributed by atoms with van der Waals surface area (Å²) < 4.78 is 26.8. The smallest absolute Gasteiger partial charge is 0.241 e. The first-order valence-corrected chi connectivity index (χ1v) is 11.4. The van der Waals surface area contributed by atoms with Gasteiger partial charge in [0.25, 0.3) is 0 Å². The second-order valence-corrected chi connectivity index (χ2v) is 10.0. The minimum absolute atomic E-state index is 0.00757. The maximum Gasteiger partial charge on any atom is 0.241 e. The molecule has 2 aliphatic rings. The van der Waals surface area contributed by atoms with Crippen molar-refractivity contribution in [2.75, 3.05) is 12.3 Å². The van der Waals surface area contributed by atoms with Crippen LogP contribution < -0.4 is 0 Å². The largest absolute Gasteiger partial charge is 0.337 e. The number of carbonyl (C=O) groups is 1. The lowest BCUT2D eigenvalue weighted by Gasteiger charge is -2.38. The van der Waals surface area contributed by atoms with Gasteiger partial charge in [-0.25, -0.2) is 8.42 Å². The molecule has 1 unspecified atom stereocenters. The third-order valence-corrected chi connectivity index (χ3v) is 8.18. The molecule has 0 saturated carbocycles. The number of benzene rings is 1. The normalized spacial score (nSPS) is 20.5. The average Bonchev–Trinajstić information content (AvgIpc) is 3.14. The van der Waals surface area contributed by atoms with Crippen LogP contribution in [-0.4, -0.2) is 41.9 Å². The maximum atomic E-state index is 13.3. The van der Waals surface area contributed by atoms with E-state index in [1.54, 1.807) is 18.3 Å². The number of carbonyl (C=O) groups excluding carboxylic acids is 1. The molecule has 138 valence electrons. The van der Waals surface area contributed by atoms with Crippen LogP contribution in [0, 0.1) is 0 Å². The number of amides is 1. The van der Waals surface area contributed by atoms with Crippen molar-refractivity contribution < 1.29 is 13.2 Å². The highest BCUT2D eigenvalue weighted by Crippen LogP contribution is 2.30. The van der Waals surface area contributed by atoms with E-state index in [-0.39, 0.29) is 18.2 Å². The first-order valence-electron chi connectivity index (χ1n) is 8.90. The number of sulfonamides is 1. The lowest BCUT2D eigenvalue weighted by Crippen LogP contribution is -2.54.